The second-order valence-corrected chi connectivity index (χ2v) is 11.1. The van der Waals surface area contributed by atoms with Gasteiger partial charge in [-0.05, 0) is 51.8 Å². The van der Waals surface area contributed by atoms with Crippen molar-refractivity contribution in [3.63, 3.8) is 0 Å². The molecule has 0 saturated carbocycles. The summed E-state index contributed by atoms with van der Waals surface area (Å²) in [6.45, 7) is 0. The molecular formula is C38H23N3PtS. The Morgan fingerprint density at radius 2 is 1.40 bits per heavy atom. The first-order valence-electron chi connectivity index (χ1n) is 13.8. The van der Waals surface area contributed by atoms with Gasteiger partial charge in [0.2, 0.25) is 0 Å². The van der Waals surface area contributed by atoms with Crippen LogP contribution in [0.5, 0.6) is 0 Å². The Bertz CT molecular complexity index is 2210. The van der Waals surface area contributed by atoms with Crippen LogP contribution in [0.3, 0.4) is 0 Å². The van der Waals surface area contributed by atoms with Crippen molar-refractivity contribution in [1.82, 2.24) is 9.97 Å². The molecule has 5 heteroatoms. The van der Waals surface area contributed by atoms with Gasteiger partial charge in [0.1, 0.15) is 5.82 Å². The zero-order chi connectivity index (χ0) is 27.9. The summed E-state index contributed by atoms with van der Waals surface area (Å²) in [6.07, 6.45) is 1.91. The third-order valence-corrected chi connectivity index (χ3v) is 8.78. The van der Waals surface area contributed by atoms with Gasteiger partial charge in [-0.15, -0.1) is 77.1 Å². The maximum atomic E-state index is 5.07. The average molecular weight is 749 g/mol. The van der Waals surface area contributed by atoms with Gasteiger partial charge in [-0.2, -0.15) is 0 Å². The monoisotopic (exact) mass is 748 g/mol. The van der Waals surface area contributed by atoms with Crippen molar-refractivity contribution < 1.29 is 21.1 Å². The molecule has 8 aromatic rings. The molecule has 206 valence electrons. The van der Waals surface area contributed by atoms with Gasteiger partial charge in [0.15, 0.2) is 0 Å². The minimum atomic E-state index is 0. The van der Waals surface area contributed by atoms with E-state index in [1.807, 2.05) is 78.2 Å². The number of benzene rings is 5. The van der Waals surface area contributed by atoms with Gasteiger partial charge in [0.25, 0.3) is 0 Å². The molecule has 0 fully saturated rings. The first kappa shape index (κ1) is 27.2. The summed E-state index contributed by atoms with van der Waals surface area (Å²) in [5.41, 5.74) is 5.61. The normalized spacial score (nSPS) is 11.1. The largest absolute Gasteiger partial charge is 2.00 e. The van der Waals surface area contributed by atoms with Gasteiger partial charge in [-0.3, -0.25) is 4.98 Å². The molecular weight excluding hydrogens is 726 g/mol. The van der Waals surface area contributed by atoms with Crippen molar-refractivity contribution >= 4 is 59.5 Å². The van der Waals surface area contributed by atoms with E-state index < -0.39 is 0 Å². The van der Waals surface area contributed by atoms with Crippen LogP contribution in [0.2, 0.25) is 0 Å². The molecule has 0 N–H and O–H groups in total. The van der Waals surface area contributed by atoms with Crippen LogP contribution >= 0.6 is 11.3 Å². The molecule has 0 radical (unpaired) electrons. The van der Waals surface area contributed by atoms with E-state index in [0.717, 1.165) is 39.7 Å². The summed E-state index contributed by atoms with van der Waals surface area (Å²) in [5.74, 6) is 0.809. The van der Waals surface area contributed by atoms with E-state index >= 15 is 0 Å². The number of aromatic nitrogens is 2. The van der Waals surface area contributed by atoms with Gasteiger partial charge in [-0.1, -0.05) is 66.7 Å². The first-order chi connectivity index (χ1) is 20.8. The van der Waals surface area contributed by atoms with Gasteiger partial charge < -0.3 is 9.88 Å². The van der Waals surface area contributed by atoms with Crippen LogP contribution in [-0.2, 0) is 21.1 Å². The molecule has 0 aliphatic carbocycles. The minimum Gasteiger partial charge on any atom is -0.314 e. The molecule has 0 aliphatic heterocycles. The average Bonchev–Trinajstić information content (AvgIpc) is 3.46. The zero-order valence-corrected chi connectivity index (χ0v) is 25.9. The van der Waals surface area contributed by atoms with E-state index in [4.69, 9.17) is 9.97 Å². The van der Waals surface area contributed by atoms with Crippen LogP contribution in [0.15, 0.2) is 140 Å². The van der Waals surface area contributed by atoms with Crippen LogP contribution in [0.25, 0.3) is 53.5 Å². The number of anilines is 3. The number of nitrogens with zero attached hydrogens (tertiary/aromatic N) is 3. The molecule has 5 aromatic carbocycles. The maximum Gasteiger partial charge on any atom is 2.00 e. The number of para-hydroxylation sites is 1. The number of thiophene rings is 1. The van der Waals surface area contributed by atoms with Crippen LogP contribution in [0, 0.1) is 12.1 Å². The van der Waals surface area contributed by atoms with Gasteiger partial charge in [0.05, 0.1) is 0 Å². The number of fused-ring (bicyclic) bond motifs is 5. The Morgan fingerprint density at radius 1 is 0.605 bits per heavy atom. The Hall–Kier alpha value is -4.63. The number of hydrogen-bond acceptors (Lipinski definition) is 4. The summed E-state index contributed by atoms with van der Waals surface area (Å²) in [6, 6.07) is 52.8. The fourth-order valence-electron chi connectivity index (χ4n) is 5.57. The molecule has 0 unspecified atom stereocenters. The SMILES string of the molecule is [Pt+2].[c-]1ccccc1-c1cccc(N(c2[c-]c(-c3nccc4c3sc3c5ccccc5ccc43)ccc2)c2ccccc2)n1. The number of rotatable bonds is 5. The fourth-order valence-corrected chi connectivity index (χ4v) is 6.91. The molecule has 0 saturated heterocycles. The minimum absolute atomic E-state index is 0. The Labute approximate surface area is 268 Å². The molecule has 8 rings (SSSR count). The summed E-state index contributed by atoms with van der Waals surface area (Å²) >= 11 is 1.81. The predicted octanol–water partition coefficient (Wildman–Crippen LogP) is 10.4. The summed E-state index contributed by atoms with van der Waals surface area (Å²) < 4.78 is 2.46. The molecule has 0 spiro atoms. The maximum absolute atomic E-state index is 5.07. The van der Waals surface area contributed by atoms with Crippen LogP contribution in [-0.4, -0.2) is 9.97 Å². The van der Waals surface area contributed by atoms with Gasteiger partial charge >= 0.3 is 21.1 Å². The smallest absolute Gasteiger partial charge is 0.314 e. The van der Waals surface area contributed by atoms with E-state index in [2.05, 4.69) is 89.8 Å². The van der Waals surface area contributed by atoms with E-state index in [1.165, 1.54) is 30.9 Å². The molecule has 0 amide bonds. The van der Waals surface area contributed by atoms with E-state index in [-0.39, 0.29) is 21.1 Å². The van der Waals surface area contributed by atoms with Crippen molar-refractivity contribution in [2.75, 3.05) is 4.90 Å². The summed E-state index contributed by atoms with van der Waals surface area (Å²) in [4.78, 5) is 12.1. The van der Waals surface area contributed by atoms with Crippen molar-refractivity contribution in [3.05, 3.63) is 152 Å². The quantitative estimate of drug-likeness (QED) is 0.164. The van der Waals surface area contributed by atoms with Gasteiger partial charge in [0, 0.05) is 32.4 Å². The molecule has 3 aromatic heterocycles. The fraction of sp³-hybridized carbons (Fsp3) is 0. The van der Waals surface area contributed by atoms with Gasteiger partial charge in [-0.25, -0.2) is 0 Å². The molecule has 0 bridgehead atoms. The summed E-state index contributed by atoms with van der Waals surface area (Å²) in [7, 11) is 0. The van der Waals surface area contributed by atoms with Crippen LogP contribution in [0.4, 0.5) is 17.2 Å². The van der Waals surface area contributed by atoms with Crippen LogP contribution < -0.4 is 4.90 Å². The molecule has 43 heavy (non-hydrogen) atoms. The second kappa shape index (κ2) is 11.6. The zero-order valence-electron chi connectivity index (χ0n) is 22.8. The van der Waals surface area contributed by atoms with E-state index in [0.29, 0.717) is 0 Å². The van der Waals surface area contributed by atoms with Crippen molar-refractivity contribution in [2.45, 2.75) is 0 Å². The molecule has 3 nitrogen and oxygen atoms in total. The van der Waals surface area contributed by atoms with Crippen molar-refractivity contribution in [3.8, 4) is 22.5 Å². The van der Waals surface area contributed by atoms with E-state index in [9.17, 15) is 0 Å². The molecule has 0 aliphatic rings. The van der Waals surface area contributed by atoms with Crippen molar-refractivity contribution in [1.29, 1.82) is 0 Å². The topological polar surface area (TPSA) is 29.0 Å². The number of hydrogen-bond donors (Lipinski definition) is 0. The van der Waals surface area contributed by atoms with Crippen LogP contribution in [0.1, 0.15) is 0 Å². The number of pyridine rings is 2. The first-order valence-corrected chi connectivity index (χ1v) is 14.7. The Morgan fingerprint density at radius 3 is 2.28 bits per heavy atom. The van der Waals surface area contributed by atoms with E-state index in [1.54, 1.807) is 0 Å². The molecule has 0 atom stereocenters. The summed E-state index contributed by atoms with van der Waals surface area (Å²) in [5, 5.41) is 5.01. The third-order valence-electron chi connectivity index (χ3n) is 7.52. The Balaban J connectivity index is 0.00000300. The predicted molar refractivity (Wildman–Crippen MR) is 176 cm³/mol. The third kappa shape index (κ3) is 4.93. The van der Waals surface area contributed by atoms with Crippen molar-refractivity contribution in [2.24, 2.45) is 0 Å². The Kier molecular flexibility index (Phi) is 7.32. The second-order valence-electron chi connectivity index (χ2n) is 10.1. The molecule has 3 heterocycles. The standard InChI is InChI=1S/C38H23N3S.Pt/c1-3-12-27(13-4-1)34-19-10-20-35(40-34)41(29-15-5-2-6-16-29)30-17-9-14-28(25-30)36-38-33(23-24-39-36)32-22-21-26-11-7-8-18-31(26)37(32)42-38;/h1-12,14-24H;/q-2;+2.